The highest BCUT2D eigenvalue weighted by Gasteiger charge is 2.30. The zero-order chi connectivity index (χ0) is 12.4. The summed E-state index contributed by atoms with van der Waals surface area (Å²) < 4.78 is 19.0. The van der Waals surface area contributed by atoms with Crippen LogP contribution >= 0.6 is 15.9 Å². The second-order valence-electron chi connectivity index (χ2n) is 4.44. The van der Waals surface area contributed by atoms with E-state index in [0.29, 0.717) is 11.1 Å². The van der Waals surface area contributed by atoms with E-state index >= 15 is 0 Å². The molecule has 0 saturated carbocycles. The number of Topliss-reactive ketones (excluding diaryl/α,β-unsaturated/α-hetero) is 1. The van der Waals surface area contributed by atoms with Gasteiger partial charge in [0.2, 0.25) is 0 Å². The second-order valence-corrected chi connectivity index (χ2v) is 5.29. The fourth-order valence-electron chi connectivity index (χ4n) is 2.06. The van der Waals surface area contributed by atoms with Crippen LogP contribution in [0.2, 0.25) is 0 Å². The lowest BCUT2D eigenvalue weighted by Gasteiger charge is -2.13. The topological polar surface area (TPSA) is 26.3 Å². The molecule has 2 nitrogen and oxygen atoms in total. The van der Waals surface area contributed by atoms with Crippen LogP contribution in [0.3, 0.4) is 0 Å². The smallest absolute Gasteiger partial charge is 0.166 e. The van der Waals surface area contributed by atoms with Crippen LogP contribution in [0.5, 0.6) is 0 Å². The van der Waals surface area contributed by atoms with Gasteiger partial charge in [0.25, 0.3) is 0 Å². The number of hydrogen-bond donors (Lipinski definition) is 0. The first-order chi connectivity index (χ1) is 8.08. The minimum Gasteiger partial charge on any atom is -0.370 e. The van der Waals surface area contributed by atoms with Crippen LogP contribution in [-0.4, -0.2) is 18.5 Å². The first-order valence-corrected chi connectivity index (χ1v) is 6.45. The van der Waals surface area contributed by atoms with E-state index in [0.717, 1.165) is 12.0 Å². The van der Waals surface area contributed by atoms with Crippen molar-refractivity contribution in [3.05, 3.63) is 34.1 Å². The molecule has 0 aliphatic carbocycles. The summed E-state index contributed by atoms with van der Waals surface area (Å²) >= 11 is 3.27. The molecule has 1 heterocycles. The maximum atomic E-state index is 12.9. The molecule has 0 amide bonds. The van der Waals surface area contributed by atoms with Gasteiger partial charge >= 0.3 is 0 Å². The highest BCUT2D eigenvalue weighted by atomic mass is 79.9. The Balaban J connectivity index is 2.07. The zero-order valence-electron chi connectivity index (χ0n) is 9.58. The molecule has 1 fully saturated rings. The summed E-state index contributed by atoms with van der Waals surface area (Å²) in [4.78, 5) is 12.0. The Morgan fingerprint density at radius 3 is 2.94 bits per heavy atom. The van der Waals surface area contributed by atoms with Crippen LogP contribution in [-0.2, 0) is 16.0 Å². The van der Waals surface area contributed by atoms with Crippen LogP contribution in [0, 0.1) is 11.7 Å². The van der Waals surface area contributed by atoms with Crippen LogP contribution in [0.25, 0.3) is 0 Å². The third kappa shape index (κ3) is 2.93. The second kappa shape index (κ2) is 5.27. The van der Waals surface area contributed by atoms with Crippen LogP contribution in [0.1, 0.15) is 18.9 Å². The standard InChI is InChI=1S/C13H14BrFO2/c1-8-4-5-17-13(8)12(16)6-9-2-3-10(15)7-11(9)14/h2-3,7-8,13H,4-6H2,1H3. The van der Waals surface area contributed by atoms with E-state index in [1.165, 1.54) is 12.1 Å². The summed E-state index contributed by atoms with van der Waals surface area (Å²) in [5, 5.41) is 0. The fourth-order valence-corrected chi connectivity index (χ4v) is 2.55. The Hall–Kier alpha value is -0.740. The molecule has 0 aromatic heterocycles. The van der Waals surface area contributed by atoms with Gasteiger partial charge in [-0.2, -0.15) is 0 Å². The third-order valence-corrected chi connectivity index (χ3v) is 3.82. The van der Waals surface area contributed by atoms with Gasteiger partial charge in [0, 0.05) is 17.5 Å². The largest absolute Gasteiger partial charge is 0.370 e. The predicted molar refractivity (Wildman–Crippen MR) is 66.3 cm³/mol. The van der Waals surface area contributed by atoms with Crippen LogP contribution < -0.4 is 0 Å². The average Bonchev–Trinajstić information content (AvgIpc) is 2.68. The monoisotopic (exact) mass is 300 g/mol. The van der Waals surface area contributed by atoms with Crippen LogP contribution in [0.15, 0.2) is 22.7 Å². The average molecular weight is 301 g/mol. The molecule has 0 N–H and O–H groups in total. The zero-order valence-corrected chi connectivity index (χ0v) is 11.2. The quantitative estimate of drug-likeness (QED) is 0.857. The summed E-state index contributed by atoms with van der Waals surface area (Å²) in [6.07, 6.45) is 0.920. The number of rotatable bonds is 3. The number of benzene rings is 1. The molecule has 92 valence electrons. The van der Waals surface area contributed by atoms with Gasteiger partial charge < -0.3 is 4.74 Å². The summed E-state index contributed by atoms with van der Waals surface area (Å²) in [5.41, 5.74) is 0.805. The highest BCUT2D eigenvalue weighted by Crippen LogP contribution is 2.24. The predicted octanol–water partition coefficient (Wildman–Crippen LogP) is 3.12. The third-order valence-electron chi connectivity index (χ3n) is 3.08. The highest BCUT2D eigenvalue weighted by molar-refractivity contribution is 9.10. The number of carbonyl (C=O) groups excluding carboxylic acids is 1. The van der Waals surface area contributed by atoms with Crippen LogP contribution in [0.4, 0.5) is 4.39 Å². The van der Waals surface area contributed by atoms with Crippen molar-refractivity contribution in [2.45, 2.75) is 25.9 Å². The SMILES string of the molecule is CC1CCOC1C(=O)Cc1ccc(F)cc1Br. The van der Waals surface area contributed by atoms with Gasteiger partial charge in [0.15, 0.2) is 5.78 Å². The van der Waals surface area contributed by atoms with Crippen molar-refractivity contribution in [2.75, 3.05) is 6.61 Å². The minimum absolute atomic E-state index is 0.0716. The Bertz CT molecular complexity index is 433. The summed E-state index contributed by atoms with van der Waals surface area (Å²) in [6.45, 7) is 2.68. The number of hydrogen-bond acceptors (Lipinski definition) is 2. The molecule has 1 aliphatic rings. The van der Waals surface area contributed by atoms with Crippen molar-refractivity contribution in [1.29, 1.82) is 0 Å². The molecule has 1 saturated heterocycles. The first-order valence-electron chi connectivity index (χ1n) is 5.66. The molecule has 4 heteroatoms. The maximum absolute atomic E-state index is 12.9. The van der Waals surface area contributed by atoms with Gasteiger partial charge in [0.1, 0.15) is 11.9 Å². The van der Waals surface area contributed by atoms with Crippen molar-refractivity contribution in [3.8, 4) is 0 Å². The molecule has 0 radical (unpaired) electrons. The van der Waals surface area contributed by atoms with Gasteiger partial charge in [-0.15, -0.1) is 0 Å². The molecule has 17 heavy (non-hydrogen) atoms. The molecule has 2 atom stereocenters. The van der Waals surface area contributed by atoms with Crippen molar-refractivity contribution in [1.82, 2.24) is 0 Å². The van der Waals surface area contributed by atoms with Gasteiger partial charge in [-0.05, 0) is 30.0 Å². The molecule has 0 spiro atoms. The fraction of sp³-hybridized carbons (Fsp3) is 0.462. The van der Waals surface area contributed by atoms with E-state index in [2.05, 4.69) is 15.9 Å². The number of halogens is 2. The van der Waals surface area contributed by atoms with Gasteiger partial charge in [-0.3, -0.25) is 4.79 Å². The Kier molecular flexibility index (Phi) is 3.94. The van der Waals surface area contributed by atoms with Crippen molar-refractivity contribution < 1.29 is 13.9 Å². The van der Waals surface area contributed by atoms with E-state index in [4.69, 9.17) is 4.74 Å². The molecule has 2 rings (SSSR count). The van der Waals surface area contributed by atoms with E-state index in [1.54, 1.807) is 6.07 Å². The van der Waals surface area contributed by atoms with E-state index in [-0.39, 0.29) is 30.0 Å². The van der Waals surface area contributed by atoms with Crippen molar-refractivity contribution in [2.24, 2.45) is 5.92 Å². The lowest BCUT2D eigenvalue weighted by Crippen LogP contribution is -2.26. The Labute approximate surface area is 108 Å². The summed E-state index contributed by atoms with van der Waals surface area (Å²) in [7, 11) is 0. The molecule has 1 aromatic rings. The van der Waals surface area contributed by atoms with Gasteiger partial charge in [-0.25, -0.2) is 4.39 Å². The van der Waals surface area contributed by atoms with Crippen molar-refractivity contribution >= 4 is 21.7 Å². The van der Waals surface area contributed by atoms with Gasteiger partial charge in [0.05, 0.1) is 0 Å². The maximum Gasteiger partial charge on any atom is 0.166 e. The number of ether oxygens (including phenoxy) is 1. The first kappa shape index (κ1) is 12.7. The molecule has 0 bridgehead atoms. The molecule has 1 aliphatic heterocycles. The normalized spacial score (nSPS) is 23.9. The Morgan fingerprint density at radius 2 is 2.35 bits per heavy atom. The number of ketones is 1. The molecule has 2 unspecified atom stereocenters. The molecular formula is C13H14BrFO2. The van der Waals surface area contributed by atoms with E-state index < -0.39 is 0 Å². The summed E-state index contributed by atoms with van der Waals surface area (Å²) in [6, 6.07) is 4.38. The van der Waals surface area contributed by atoms with Gasteiger partial charge in [-0.1, -0.05) is 28.9 Å². The minimum atomic E-state index is -0.307. The lowest BCUT2D eigenvalue weighted by atomic mass is 9.96. The van der Waals surface area contributed by atoms with E-state index in [9.17, 15) is 9.18 Å². The van der Waals surface area contributed by atoms with Crippen molar-refractivity contribution in [3.63, 3.8) is 0 Å². The summed E-state index contributed by atoms with van der Waals surface area (Å²) in [5.74, 6) is 0.0441. The van der Waals surface area contributed by atoms with E-state index in [1.807, 2.05) is 6.92 Å². The Morgan fingerprint density at radius 1 is 1.59 bits per heavy atom. The lowest BCUT2D eigenvalue weighted by molar-refractivity contribution is -0.128. The number of carbonyl (C=O) groups is 1. The molecular weight excluding hydrogens is 287 g/mol. The molecule has 1 aromatic carbocycles.